The van der Waals surface area contributed by atoms with Crippen molar-refractivity contribution in [3.63, 3.8) is 0 Å². The molecule has 0 radical (unpaired) electrons. The third-order valence-electron chi connectivity index (χ3n) is 12.1. The van der Waals surface area contributed by atoms with Crippen molar-refractivity contribution >= 4 is 18.0 Å². The van der Waals surface area contributed by atoms with E-state index in [1.54, 1.807) is 0 Å². The monoisotopic (exact) mass is 867 g/mol. The lowest BCUT2D eigenvalue weighted by atomic mass is 9.94. The lowest BCUT2D eigenvalue weighted by Gasteiger charge is -2.19. The lowest BCUT2D eigenvalue weighted by molar-refractivity contribution is -0.150. The van der Waals surface area contributed by atoms with Crippen molar-refractivity contribution in [2.45, 2.75) is 252 Å². The predicted octanol–water partition coefficient (Wildman–Crippen LogP) is 14.3. The number of carbonyl (C=O) groups excluding carboxylic acids is 3. The van der Waals surface area contributed by atoms with Gasteiger partial charge in [-0.3, -0.25) is 9.59 Å². The SMILES string of the molecule is CCCCCCCCC(CCCCCC)C(=O)OCCCCCCC(CCCCCCOC(=O)C(CCCCCC)CCCCCCCC)OC(=O)NCCOCCN(C)C. The number of carbonyl (C=O) groups is 3. The summed E-state index contributed by atoms with van der Waals surface area (Å²) in [6.45, 7) is 12.3. The predicted molar refractivity (Wildman–Crippen MR) is 256 cm³/mol. The van der Waals surface area contributed by atoms with Crippen LogP contribution in [0, 0.1) is 11.8 Å². The lowest BCUT2D eigenvalue weighted by Crippen LogP contribution is -2.32. The summed E-state index contributed by atoms with van der Waals surface area (Å²) in [6, 6.07) is 0. The van der Waals surface area contributed by atoms with Crippen molar-refractivity contribution in [1.82, 2.24) is 10.2 Å². The number of esters is 2. The molecule has 0 fully saturated rings. The second-order valence-electron chi connectivity index (χ2n) is 18.3. The third kappa shape index (κ3) is 40.6. The smallest absolute Gasteiger partial charge is 0.407 e. The van der Waals surface area contributed by atoms with Crippen molar-refractivity contribution in [2.75, 3.05) is 53.6 Å². The molecule has 0 aromatic heterocycles. The van der Waals surface area contributed by atoms with Crippen LogP contribution in [0.3, 0.4) is 0 Å². The molecule has 9 heteroatoms. The number of nitrogens with zero attached hydrogens (tertiary/aromatic N) is 1. The van der Waals surface area contributed by atoms with Gasteiger partial charge in [0.05, 0.1) is 38.3 Å². The van der Waals surface area contributed by atoms with Crippen LogP contribution in [0.1, 0.15) is 246 Å². The van der Waals surface area contributed by atoms with Gasteiger partial charge in [0.25, 0.3) is 0 Å². The van der Waals surface area contributed by atoms with E-state index in [-0.39, 0.29) is 36.0 Å². The minimum absolute atomic E-state index is 0.0105. The summed E-state index contributed by atoms with van der Waals surface area (Å²) in [5.74, 6) is 0.111. The Bertz CT molecular complexity index is 906. The van der Waals surface area contributed by atoms with Gasteiger partial charge in [0, 0.05) is 13.1 Å². The summed E-state index contributed by atoms with van der Waals surface area (Å²) in [4.78, 5) is 40.9. The van der Waals surface area contributed by atoms with Crippen molar-refractivity contribution in [3.05, 3.63) is 0 Å². The molecule has 0 saturated carbocycles. The number of rotatable bonds is 47. The Balaban J connectivity index is 4.76. The van der Waals surface area contributed by atoms with Crippen LogP contribution in [0.25, 0.3) is 0 Å². The van der Waals surface area contributed by atoms with Gasteiger partial charge >= 0.3 is 18.0 Å². The van der Waals surface area contributed by atoms with Crippen LogP contribution in [0.5, 0.6) is 0 Å². The van der Waals surface area contributed by atoms with E-state index in [0.29, 0.717) is 33.0 Å². The largest absolute Gasteiger partial charge is 0.465 e. The molecule has 61 heavy (non-hydrogen) atoms. The molecule has 0 bridgehead atoms. The number of ether oxygens (including phenoxy) is 4. The van der Waals surface area contributed by atoms with Gasteiger partial charge in [0.15, 0.2) is 0 Å². The molecule has 0 rings (SSSR count). The molecule has 0 aromatic rings. The number of amides is 1. The van der Waals surface area contributed by atoms with Gasteiger partial charge in [-0.05, 0) is 78.3 Å². The van der Waals surface area contributed by atoms with E-state index in [2.05, 4.69) is 37.9 Å². The first-order valence-corrected chi connectivity index (χ1v) is 26.3. The number of hydrogen-bond donors (Lipinski definition) is 1. The molecule has 2 atom stereocenters. The molecule has 2 unspecified atom stereocenters. The van der Waals surface area contributed by atoms with Gasteiger partial charge in [-0.1, -0.05) is 182 Å². The van der Waals surface area contributed by atoms with Crippen LogP contribution < -0.4 is 5.32 Å². The van der Waals surface area contributed by atoms with Crippen molar-refractivity contribution < 1.29 is 33.3 Å². The average molecular weight is 867 g/mol. The number of hydrogen-bond acceptors (Lipinski definition) is 8. The van der Waals surface area contributed by atoms with Gasteiger partial charge < -0.3 is 29.2 Å². The van der Waals surface area contributed by atoms with Crippen LogP contribution in [0.4, 0.5) is 4.79 Å². The summed E-state index contributed by atoms with van der Waals surface area (Å²) in [5, 5.41) is 2.87. The second kappa shape index (κ2) is 46.1. The van der Waals surface area contributed by atoms with Crippen LogP contribution >= 0.6 is 0 Å². The number of unbranched alkanes of at least 4 members (excludes halogenated alkanes) is 22. The minimum Gasteiger partial charge on any atom is -0.465 e. The highest BCUT2D eigenvalue weighted by atomic mass is 16.6. The summed E-state index contributed by atoms with van der Waals surface area (Å²) in [6.07, 6.45) is 37.1. The van der Waals surface area contributed by atoms with Crippen molar-refractivity contribution in [2.24, 2.45) is 11.8 Å². The number of nitrogens with one attached hydrogen (secondary N) is 1. The highest BCUT2D eigenvalue weighted by Gasteiger charge is 2.21. The average Bonchev–Trinajstić information content (AvgIpc) is 3.24. The molecule has 9 nitrogen and oxygen atoms in total. The molecule has 1 amide bonds. The van der Waals surface area contributed by atoms with Gasteiger partial charge in [-0.25, -0.2) is 4.79 Å². The van der Waals surface area contributed by atoms with E-state index < -0.39 is 0 Å². The second-order valence-corrected chi connectivity index (χ2v) is 18.3. The molecule has 0 heterocycles. The molecular weight excluding hydrogens is 765 g/mol. The van der Waals surface area contributed by atoms with Crippen molar-refractivity contribution in [1.29, 1.82) is 0 Å². The molecule has 1 N–H and O–H groups in total. The molecule has 0 aromatic carbocycles. The van der Waals surface area contributed by atoms with Gasteiger partial charge in [0.1, 0.15) is 6.10 Å². The Morgan fingerprint density at radius 3 is 1.16 bits per heavy atom. The van der Waals surface area contributed by atoms with E-state index in [9.17, 15) is 14.4 Å². The Hall–Kier alpha value is -1.87. The Kier molecular flexibility index (Phi) is 44.7. The quantitative estimate of drug-likeness (QED) is 0.0366. The number of alkyl carbamates (subject to hydrolysis) is 1. The molecular formula is C52H102N2O7. The first-order valence-electron chi connectivity index (χ1n) is 26.3. The van der Waals surface area contributed by atoms with E-state index in [1.165, 1.54) is 103 Å². The van der Waals surface area contributed by atoms with E-state index in [1.807, 2.05) is 14.1 Å². The summed E-state index contributed by atoms with van der Waals surface area (Å²) < 4.78 is 23.2. The molecule has 0 aliphatic carbocycles. The Morgan fingerprint density at radius 1 is 0.426 bits per heavy atom. The maximum absolute atomic E-state index is 13.1. The van der Waals surface area contributed by atoms with Crippen LogP contribution in [0.15, 0.2) is 0 Å². The Labute approximate surface area is 378 Å². The van der Waals surface area contributed by atoms with Crippen molar-refractivity contribution in [3.8, 4) is 0 Å². The van der Waals surface area contributed by atoms with E-state index in [4.69, 9.17) is 18.9 Å². The third-order valence-corrected chi connectivity index (χ3v) is 12.1. The molecule has 0 aliphatic heterocycles. The van der Waals surface area contributed by atoms with Crippen LogP contribution in [-0.4, -0.2) is 82.6 Å². The molecule has 0 spiro atoms. The first-order chi connectivity index (χ1) is 29.8. The summed E-state index contributed by atoms with van der Waals surface area (Å²) in [7, 11) is 4.02. The normalized spacial score (nSPS) is 13.0. The molecule has 0 saturated heterocycles. The fourth-order valence-electron chi connectivity index (χ4n) is 8.00. The zero-order valence-corrected chi connectivity index (χ0v) is 41.3. The van der Waals surface area contributed by atoms with Crippen LogP contribution in [0.2, 0.25) is 0 Å². The van der Waals surface area contributed by atoms with Gasteiger partial charge in [-0.2, -0.15) is 0 Å². The number of likely N-dealkylation sites (N-methyl/N-ethyl adjacent to an activating group) is 1. The maximum Gasteiger partial charge on any atom is 0.407 e. The summed E-state index contributed by atoms with van der Waals surface area (Å²) in [5.41, 5.74) is 0. The minimum atomic E-state index is -0.379. The summed E-state index contributed by atoms with van der Waals surface area (Å²) >= 11 is 0. The zero-order valence-electron chi connectivity index (χ0n) is 41.3. The highest BCUT2D eigenvalue weighted by molar-refractivity contribution is 5.72. The first kappa shape index (κ1) is 59.1. The molecule has 0 aliphatic rings. The molecule has 362 valence electrons. The van der Waals surface area contributed by atoms with Gasteiger partial charge in [0.2, 0.25) is 0 Å². The van der Waals surface area contributed by atoms with E-state index >= 15 is 0 Å². The van der Waals surface area contributed by atoms with Gasteiger partial charge in [-0.15, -0.1) is 0 Å². The van der Waals surface area contributed by atoms with E-state index in [0.717, 1.165) is 122 Å². The maximum atomic E-state index is 13.1. The fourth-order valence-corrected chi connectivity index (χ4v) is 8.00. The fraction of sp³-hybridized carbons (Fsp3) is 0.942. The topological polar surface area (TPSA) is 103 Å². The standard InChI is InChI=1S/C52H102N2O7/c1-7-11-15-19-21-29-37-47(35-27-17-13-9-3)50(55)59-43-33-25-23-31-39-49(61-52(57)53-41-45-58-46-42-54(5)6)40-32-24-26-34-44-60-51(56)48(36-28-18-14-10-4)38-30-22-20-16-12-8-2/h47-49H,7-46H2,1-6H3,(H,53,57). The Morgan fingerprint density at radius 2 is 0.770 bits per heavy atom. The highest BCUT2D eigenvalue weighted by Crippen LogP contribution is 2.23. The van der Waals surface area contributed by atoms with Crippen LogP contribution in [-0.2, 0) is 28.5 Å². The zero-order chi connectivity index (χ0) is 44.9.